The molecule has 1 unspecified atom stereocenters. The van der Waals surface area contributed by atoms with Gasteiger partial charge >= 0.3 is 0 Å². The van der Waals surface area contributed by atoms with E-state index in [4.69, 9.17) is 0 Å². The number of nitrogens with one attached hydrogen (secondary N) is 1. The van der Waals surface area contributed by atoms with Crippen LogP contribution in [-0.2, 0) is 4.79 Å². The van der Waals surface area contributed by atoms with Crippen LogP contribution in [0.25, 0.3) is 0 Å². The molecule has 1 N–H and O–H groups in total. The molecule has 1 heterocycles. The first-order valence-electron chi connectivity index (χ1n) is 4.60. The molecule has 0 aromatic carbocycles. The lowest BCUT2D eigenvalue weighted by molar-refractivity contribution is -0.124. The van der Waals surface area contributed by atoms with Crippen LogP contribution in [0, 0.1) is 5.92 Å². The lowest BCUT2D eigenvalue weighted by atomic mass is 10.1. The van der Waals surface area contributed by atoms with Crippen molar-refractivity contribution in [2.24, 2.45) is 5.92 Å². The Balaban J connectivity index is 2.40. The Morgan fingerprint density at radius 1 is 1.58 bits per heavy atom. The molecule has 1 rings (SSSR count). The average Bonchev–Trinajstić information content (AvgIpc) is 2.51. The topological polar surface area (TPSA) is 32.3 Å². The van der Waals surface area contributed by atoms with Crippen molar-refractivity contribution in [2.75, 3.05) is 20.1 Å². The van der Waals surface area contributed by atoms with E-state index in [0.717, 1.165) is 19.5 Å². The van der Waals surface area contributed by atoms with Gasteiger partial charge in [0, 0.05) is 19.6 Å². The molecule has 70 valence electrons. The van der Waals surface area contributed by atoms with Crippen LogP contribution in [0.3, 0.4) is 0 Å². The maximum atomic E-state index is 11.2. The third-order valence-electron chi connectivity index (χ3n) is 2.57. The van der Waals surface area contributed by atoms with Crippen LogP contribution in [0.5, 0.6) is 0 Å². The summed E-state index contributed by atoms with van der Waals surface area (Å²) in [7, 11) is 1.71. The van der Waals surface area contributed by atoms with E-state index in [1.165, 1.54) is 0 Å². The molecular weight excluding hydrogens is 152 g/mol. The predicted octanol–water partition coefficient (Wildman–Crippen LogP) is 0.463. The van der Waals surface area contributed by atoms with Gasteiger partial charge in [-0.05, 0) is 26.8 Å². The van der Waals surface area contributed by atoms with Gasteiger partial charge in [0.1, 0.15) is 0 Å². The Morgan fingerprint density at radius 3 is 2.67 bits per heavy atom. The van der Waals surface area contributed by atoms with Crippen LogP contribution in [0.15, 0.2) is 0 Å². The van der Waals surface area contributed by atoms with Crippen molar-refractivity contribution in [1.82, 2.24) is 10.2 Å². The van der Waals surface area contributed by atoms with Crippen molar-refractivity contribution in [1.29, 1.82) is 0 Å². The summed E-state index contributed by atoms with van der Waals surface area (Å²) < 4.78 is 0. The largest absolute Gasteiger partial charge is 0.359 e. The highest BCUT2D eigenvalue weighted by Crippen LogP contribution is 2.18. The predicted molar refractivity (Wildman–Crippen MR) is 48.9 cm³/mol. The number of carbonyl (C=O) groups excluding carboxylic acids is 1. The molecule has 0 bridgehead atoms. The van der Waals surface area contributed by atoms with Crippen molar-refractivity contribution >= 4 is 5.91 Å². The second-order valence-electron chi connectivity index (χ2n) is 3.69. The van der Waals surface area contributed by atoms with E-state index in [2.05, 4.69) is 24.1 Å². The smallest absolute Gasteiger partial charge is 0.224 e. The summed E-state index contributed by atoms with van der Waals surface area (Å²) in [5.74, 6) is 0.413. The first kappa shape index (κ1) is 9.52. The maximum Gasteiger partial charge on any atom is 0.224 e. The molecule has 0 saturated carbocycles. The van der Waals surface area contributed by atoms with E-state index in [9.17, 15) is 4.79 Å². The standard InChI is InChI=1S/C9H18N2O/c1-7(2)11-5-4-8(6-11)9(12)10-3/h7-8H,4-6H2,1-3H3,(H,10,12). The van der Waals surface area contributed by atoms with E-state index in [0.29, 0.717) is 6.04 Å². The van der Waals surface area contributed by atoms with Gasteiger partial charge in [-0.15, -0.1) is 0 Å². The summed E-state index contributed by atoms with van der Waals surface area (Å²) in [4.78, 5) is 13.6. The lowest BCUT2D eigenvalue weighted by Gasteiger charge is -2.19. The Kier molecular flexibility index (Phi) is 3.09. The zero-order valence-corrected chi connectivity index (χ0v) is 8.13. The second-order valence-corrected chi connectivity index (χ2v) is 3.69. The van der Waals surface area contributed by atoms with Crippen LogP contribution in [-0.4, -0.2) is 37.0 Å². The fourth-order valence-electron chi connectivity index (χ4n) is 1.67. The van der Waals surface area contributed by atoms with Crippen molar-refractivity contribution in [3.63, 3.8) is 0 Å². The molecule has 3 nitrogen and oxygen atoms in total. The van der Waals surface area contributed by atoms with Crippen molar-refractivity contribution < 1.29 is 4.79 Å². The van der Waals surface area contributed by atoms with Gasteiger partial charge in [0.15, 0.2) is 0 Å². The third-order valence-corrected chi connectivity index (χ3v) is 2.57. The minimum absolute atomic E-state index is 0.193. The first-order valence-corrected chi connectivity index (χ1v) is 4.60. The zero-order chi connectivity index (χ0) is 9.14. The summed E-state index contributed by atoms with van der Waals surface area (Å²) >= 11 is 0. The molecule has 1 aliphatic heterocycles. The van der Waals surface area contributed by atoms with E-state index < -0.39 is 0 Å². The highest BCUT2D eigenvalue weighted by Gasteiger charge is 2.28. The minimum Gasteiger partial charge on any atom is -0.359 e. The molecule has 0 aromatic heterocycles. The normalized spacial score (nSPS) is 24.8. The minimum atomic E-state index is 0.193. The first-order chi connectivity index (χ1) is 5.65. The molecule has 0 aromatic rings. The van der Waals surface area contributed by atoms with Gasteiger partial charge in [-0.1, -0.05) is 0 Å². The second kappa shape index (κ2) is 3.90. The summed E-state index contributed by atoms with van der Waals surface area (Å²) in [6.45, 7) is 6.34. The average molecular weight is 170 g/mol. The Bertz CT molecular complexity index is 168. The molecule has 1 saturated heterocycles. The van der Waals surface area contributed by atoms with Gasteiger partial charge in [0.05, 0.1) is 5.92 Å². The number of amides is 1. The fourth-order valence-corrected chi connectivity index (χ4v) is 1.67. The maximum absolute atomic E-state index is 11.2. The molecule has 1 aliphatic rings. The lowest BCUT2D eigenvalue weighted by Crippen LogP contribution is -2.32. The van der Waals surface area contributed by atoms with E-state index in [-0.39, 0.29) is 11.8 Å². The summed E-state index contributed by atoms with van der Waals surface area (Å²) in [6.07, 6.45) is 1.01. The van der Waals surface area contributed by atoms with Crippen molar-refractivity contribution in [3.05, 3.63) is 0 Å². The van der Waals surface area contributed by atoms with Gasteiger partial charge in [-0.3, -0.25) is 4.79 Å². The number of rotatable bonds is 2. The van der Waals surface area contributed by atoms with E-state index in [1.54, 1.807) is 7.05 Å². The SMILES string of the molecule is CNC(=O)C1CCN(C(C)C)C1. The molecule has 12 heavy (non-hydrogen) atoms. The number of likely N-dealkylation sites (tertiary alicyclic amines) is 1. The van der Waals surface area contributed by atoms with Crippen molar-refractivity contribution in [2.45, 2.75) is 26.3 Å². The number of carbonyl (C=O) groups is 1. The van der Waals surface area contributed by atoms with Crippen LogP contribution in [0.4, 0.5) is 0 Å². The number of hydrogen-bond acceptors (Lipinski definition) is 2. The van der Waals surface area contributed by atoms with Crippen LogP contribution in [0.2, 0.25) is 0 Å². The van der Waals surface area contributed by atoms with Crippen LogP contribution >= 0.6 is 0 Å². The highest BCUT2D eigenvalue weighted by atomic mass is 16.1. The summed E-state index contributed by atoms with van der Waals surface area (Å²) in [6, 6.07) is 0.569. The molecule has 1 fully saturated rings. The Hall–Kier alpha value is -0.570. The molecule has 3 heteroatoms. The number of nitrogens with zero attached hydrogens (tertiary/aromatic N) is 1. The Labute approximate surface area is 74.1 Å². The van der Waals surface area contributed by atoms with Gasteiger partial charge in [0.2, 0.25) is 5.91 Å². The molecule has 0 aliphatic carbocycles. The van der Waals surface area contributed by atoms with Gasteiger partial charge in [0.25, 0.3) is 0 Å². The van der Waals surface area contributed by atoms with Crippen molar-refractivity contribution in [3.8, 4) is 0 Å². The van der Waals surface area contributed by atoms with Gasteiger partial charge < -0.3 is 10.2 Å². The van der Waals surface area contributed by atoms with Gasteiger partial charge in [-0.25, -0.2) is 0 Å². The van der Waals surface area contributed by atoms with E-state index >= 15 is 0 Å². The monoisotopic (exact) mass is 170 g/mol. The van der Waals surface area contributed by atoms with E-state index in [1.807, 2.05) is 0 Å². The number of hydrogen-bond donors (Lipinski definition) is 1. The molecule has 0 spiro atoms. The molecule has 1 atom stereocenters. The van der Waals surface area contributed by atoms with Crippen LogP contribution < -0.4 is 5.32 Å². The molecular formula is C9H18N2O. The summed E-state index contributed by atoms with van der Waals surface area (Å²) in [5, 5.41) is 2.70. The fraction of sp³-hybridized carbons (Fsp3) is 0.889. The highest BCUT2D eigenvalue weighted by molar-refractivity contribution is 5.78. The zero-order valence-electron chi connectivity index (χ0n) is 8.13. The Morgan fingerprint density at radius 2 is 2.25 bits per heavy atom. The summed E-state index contributed by atoms with van der Waals surface area (Å²) in [5.41, 5.74) is 0. The molecule has 1 amide bonds. The quantitative estimate of drug-likeness (QED) is 0.653. The van der Waals surface area contributed by atoms with Gasteiger partial charge in [-0.2, -0.15) is 0 Å². The third kappa shape index (κ3) is 1.97. The molecule has 0 radical (unpaired) electrons. The van der Waals surface area contributed by atoms with Crippen LogP contribution in [0.1, 0.15) is 20.3 Å².